The number of aryl methyl sites for hydroxylation is 1. The molecular formula is C26H35N3O4. The molecule has 2 aromatic carbocycles. The van der Waals surface area contributed by atoms with Gasteiger partial charge in [-0.2, -0.15) is 0 Å². The van der Waals surface area contributed by atoms with Crippen LogP contribution in [0.25, 0.3) is 11.0 Å². The molecule has 1 N–H and O–H groups in total. The van der Waals surface area contributed by atoms with Crippen molar-refractivity contribution in [3.63, 3.8) is 0 Å². The Kier molecular flexibility index (Phi) is 8.58. The van der Waals surface area contributed by atoms with Crippen molar-refractivity contribution in [1.82, 2.24) is 9.55 Å². The number of nitrogens with one attached hydrogen (secondary N) is 1. The van der Waals surface area contributed by atoms with Crippen LogP contribution in [0, 0.1) is 0 Å². The average Bonchev–Trinajstić information content (AvgIpc) is 3.18. The Labute approximate surface area is 196 Å². The minimum absolute atomic E-state index is 0.173. The third kappa shape index (κ3) is 5.59. The van der Waals surface area contributed by atoms with E-state index in [-0.39, 0.29) is 5.97 Å². The van der Waals surface area contributed by atoms with Crippen molar-refractivity contribution in [2.24, 2.45) is 0 Å². The lowest BCUT2D eigenvalue weighted by atomic mass is 9.93. The number of hydrogen-bond donors (Lipinski definition) is 1. The number of carbonyl (C=O) groups excluding carboxylic acids is 1. The molecule has 0 saturated heterocycles. The SMILES string of the molecule is CCOC(=O)CCCn1c(Nc2ccc(OC)cc2OC)nc2cccc(C(CC)CC)c21. The first-order valence-electron chi connectivity index (χ1n) is 11.7. The maximum Gasteiger partial charge on any atom is 0.305 e. The topological polar surface area (TPSA) is 74.6 Å². The number of esters is 1. The van der Waals surface area contributed by atoms with Gasteiger partial charge in [-0.05, 0) is 55.9 Å². The molecule has 3 rings (SSSR count). The average molecular weight is 454 g/mol. The molecule has 33 heavy (non-hydrogen) atoms. The van der Waals surface area contributed by atoms with E-state index in [0.29, 0.717) is 37.7 Å². The summed E-state index contributed by atoms with van der Waals surface area (Å²) in [6.45, 7) is 7.31. The number of benzene rings is 2. The number of methoxy groups -OCH3 is 2. The number of para-hydroxylation sites is 1. The molecule has 0 amide bonds. The van der Waals surface area contributed by atoms with Crippen molar-refractivity contribution in [3.8, 4) is 11.5 Å². The lowest BCUT2D eigenvalue weighted by molar-refractivity contribution is -0.143. The third-order valence-electron chi connectivity index (χ3n) is 5.95. The Morgan fingerprint density at radius 3 is 2.55 bits per heavy atom. The molecule has 1 aromatic heterocycles. The fourth-order valence-corrected chi connectivity index (χ4v) is 4.22. The molecule has 0 atom stereocenters. The summed E-state index contributed by atoms with van der Waals surface area (Å²) in [6.07, 6.45) is 3.14. The number of rotatable bonds is 12. The van der Waals surface area contributed by atoms with Crippen molar-refractivity contribution in [2.75, 3.05) is 26.1 Å². The summed E-state index contributed by atoms with van der Waals surface area (Å²) in [4.78, 5) is 16.9. The molecule has 0 bridgehead atoms. The third-order valence-corrected chi connectivity index (χ3v) is 5.95. The van der Waals surface area contributed by atoms with Crippen LogP contribution in [0.3, 0.4) is 0 Å². The molecule has 7 nitrogen and oxygen atoms in total. The lowest BCUT2D eigenvalue weighted by Crippen LogP contribution is -2.10. The highest BCUT2D eigenvalue weighted by Crippen LogP contribution is 2.35. The highest BCUT2D eigenvalue weighted by atomic mass is 16.5. The molecule has 0 unspecified atom stereocenters. The van der Waals surface area contributed by atoms with Crippen LogP contribution in [0.4, 0.5) is 11.6 Å². The van der Waals surface area contributed by atoms with Crippen molar-refractivity contribution < 1.29 is 19.0 Å². The highest BCUT2D eigenvalue weighted by molar-refractivity contribution is 5.84. The van der Waals surface area contributed by atoms with Crippen LogP contribution < -0.4 is 14.8 Å². The normalized spacial score (nSPS) is 11.1. The number of carbonyl (C=O) groups is 1. The first-order chi connectivity index (χ1) is 16.1. The lowest BCUT2D eigenvalue weighted by Gasteiger charge is -2.18. The maximum absolute atomic E-state index is 11.9. The maximum atomic E-state index is 11.9. The van der Waals surface area contributed by atoms with E-state index in [1.807, 2.05) is 31.2 Å². The van der Waals surface area contributed by atoms with E-state index in [1.54, 1.807) is 14.2 Å². The summed E-state index contributed by atoms with van der Waals surface area (Å²) < 4.78 is 18.2. The molecule has 0 spiro atoms. The fourth-order valence-electron chi connectivity index (χ4n) is 4.22. The van der Waals surface area contributed by atoms with Gasteiger partial charge in [0.15, 0.2) is 0 Å². The Bertz CT molecular complexity index is 1070. The van der Waals surface area contributed by atoms with Gasteiger partial charge < -0.3 is 24.1 Å². The van der Waals surface area contributed by atoms with E-state index in [4.69, 9.17) is 19.2 Å². The second-order valence-corrected chi connectivity index (χ2v) is 7.92. The molecule has 0 saturated carbocycles. The zero-order valence-corrected chi connectivity index (χ0v) is 20.3. The van der Waals surface area contributed by atoms with Crippen molar-refractivity contribution in [1.29, 1.82) is 0 Å². The second kappa shape index (κ2) is 11.6. The quantitative estimate of drug-likeness (QED) is 0.337. The predicted octanol–water partition coefficient (Wildman–Crippen LogP) is 6.04. The largest absolute Gasteiger partial charge is 0.497 e. The molecule has 0 aliphatic heterocycles. The van der Waals surface area contributed by atoms with Crippen molar-refractivity contribution in [2.45, 2.75) is 58.9 Å². The van der Waals surface area contributed by atoms with E-state index in [9.17, 15) is 4.79 Å². The summed E-state index contributed by atoms with van der Waals surface area (Å²) >= 11 is 0. The molecule has 1 heterocycles. The van der Waals surface area contributed by atoms with Crippen LogP contribution in [0.1, 0.15) is 57.9 Å². The summed E-state index contributed by atoms with van der Waals surface area (Å²) in [5.41, 5.74) is 4.13. The highest BCUT2D eigenvalue weighted by Gasteiger charge is 2.19. The van der Waals surface area contributed by atoms with Gasteiger partial charge >= 0.3 is 5.97 Å². The number of nitrogens with zero attached hydrogens (tertiary/aromatic N) is 2. The second-order valence-electron chi connectivity index (χ2n) is 7.92. The zero-order valence-electron chi connectivity index (χ0n) is 20.3. The van der Waals surface area contributed by atoms with Crippen LogP contribution >= 0.6 is 0 Å². The smallest absolute Gasteiger partial charge is 0.305 e. The van der Waals surface area contributed by atoms with E-state index in [1.165, 1.54) is 5.56 Å². The fraction of sp³-hybridized carbons (Fsp3) is 0.462. The summed E-state index contributed by atoms with van der Waals surface area (Å²) in [5, 5.41) is 3.45. The molecule has 178 valence electrons. The summed E-state index contributed by atoms with van der Waals surface area (Å²) in [5.74, 6) is 2.37. The predicted molar refractivity (Wildman–Crippen MR) is 132 cm³/mol. The molecule has 0 aliphatic rings. The van der Waals surface area contributed by atoms with Gasteiger partial charge in [0, 0.05) is 19.0 Å². The van der Waals surface area contributed by atoms with Gasteiger partial charge in [-0.1, -0.05) is 26.0 Å². The van der Waals surface area contributed by atoms with Crippen LogP contribution in [-0.4, -0.2) is 36.3 Å². The van der Waals surface area contributed by atoms with Gasteiger partial charge in [0.1, 0.15) is 11.5 Å². The first kappa shape index (κ1) is 24.4. The molecule has 7 heteroatoms. The summed E-state index contributed by atoms with van der Waals surface area (Å²) in [7, 11) is 3.26. The molecular weight excluding hydrogens is 418 g/mol. The van der Waals surface area contributed by atoms with E-state index < -0.39 is 0 Å². The van der Waals surface area contributed by atoms with Gasteiger partial charge in [-0.15, -0.1) is 0 Å². The van der Waals surface area contributed by atoms with Gasteiger partial charge in [-0.3, -0.25) is 4.79 Å². The minimum Gasteiger partial charge on any atom is -0.497 e. The monoisotopic (exact) mass is 453 g/mol. The Morgan fingerprint density at radius 2 is 1.88 bits per heavy atom. The standard InChI is InChI=1S/C26H35N3O4/c1-6-18(7-2)20-11-9-12-22-25(20)29(16-10-13-24(30)33-8-3)26(28-22)27-21-15-14-19(31-4)17-23(21)32-5/h9,11-12,14-15,17-18H,6-8,10,13,16H2,1-5H3,(H,27,28). The number of fused-ring (bicyclic) bond motifs is 1. The summed E-state index contributed by atoms with van der Waals surface area (Å²) in [6, 6.07) is 12.0. The van der Waals surface area contributed by atoms with Gasteiger partial charge in [0.25, 0.3) is 0 Å². The van der Waals surface area contributed by atoms with Gasteiger partial charge in [0.05, 0.1) is 37.5 Å². The van der Waals surface area contributed by atoms with Gasteiger partial charge in [-0.25, -0.2) is 4.98 Å². The van der Waals surface area contributed by atoms with E-state index in [2.05, 4.69) is 35.9 Å². The Morgan fingerprint density at radius 1 is 1.09 bits per heavy atom. The zero-order chi connectivity index (χ0) is 23.8. The Balaban J connectivity index is 2.04. The number of anilines is 2. The van der Waals surface area contributed by atoms with Crippen LogP contribution in [0.2, 0.25) is 0 Å². The van der Waals surface area contributed by atoms with E-state index in [0.717, 1.165) is 41.3 Å². The van der Waals surface area contributed by atoms with Crippen LogP contribution in [0.5, 0.6) is 11.5 Å². The van der Waals surface area contributed by atoms with Gasteiger partial charge in [0.2, 0.25) is 5.95 Å². The molecule has 0 aliphatic carbocycles. The van der Waals surface area contributed by atoms with Crippen molar-refractivity contribution in [3.05, 3.63) is 42.0 Å². The number of aromatic nitrogens is 2. The number of imidazole rings is 1. The van der Waals surface area contributed by atoms with Crippen molar-refractivity contribution >= 4 is 28.6 Å². The molecule has 3 aromatic rings. The number of ether oxygens (including phenoxy) is 3. The number of hydrogen-bond acceptors (Lipinski definition) is 6. The first-order valence-corrected chi connectivity index (χ1v) is 11.7. The van der Waals surface area contributed by atoms with E-state index >= 15 is 0 Å². The Hall–Kier alpha value is -3.22. The molecule has 0 radical (unpaired) electrons. The van der Waals surface area contributed by atoms with Crippen LogP contribution in [-0.2, 0) is 16.1 Å². The van der Waals surface area contributed by atoms with Crippen LogP contribution in [0.15, 0.2) is 36.4 Å². The molecule has 0 fully saturated rings. The minimum atomic E-state index is -0.173.